The highest BCUT2D eigenvalue weighted by atomic mass is 16.6. The number of hydrogen-bond donors (Lipinski definition) is 1. The van der Waals surface area contributed by atoms with Gasteiger partial charge in [0.25, 0.3) is 5.69 Å². The van der Waals surface area contributed by atoms with E-state index < -0.39 is 0 Å². The van der Waals surface area contributed by atoms with Crippen LogP contribution in [0.25, 0.3) is 0 Å². The molecular weight excluding hydrogens is 268 g/mol. The summed E-state index contributed by atoms with van der Waals surface area (Å²) < 4.78 is 0. The zero-order valence-electron chi connectivity index (χ0n) is 13.0. The molecule has 0 amide bonds. The van der Waals surface area contributed by atoms with Gasteiger partial charge in [-0.3, -0.25) is 20.0 Å². The Morgan fingerprint density at radius 2 is 2.24 bits per heavy atom. The molecule has 0 bridgehead atoms. The van der Waals surface area contributed by atoms with Crippen molar-refractivity contribution < 1.29 is 4.92 Å². The molecule has 2 N–H and O–H groups in total. The summed E-state index contributed by atoms with van der Waals surface area (Å²) in [5, 5.41) is 11.2. The lowest BCUT2D eigenvalue weighted by atomic mass is 9.90. The first-order valence-corrected chi connectivity index (χ1v) is 7.49. The fraction of sp³-hybridized carbons (Fsp3) is 0.667. The minimum absolute atomic E-state index is 0.189. The lowest BCUT2D eigenvalue weighted by molar-refractivity contribution is -0.386. The van der Waals surface area contributed by atoms with Gasteiger partial charge in [0.1, 0.15) is 0 Å². The number of rotatable bonds is 4. The second-order valence-electron chi connectivity index (χ2n) is 6.01. The minimum atomic E-state index is -0.310. The van der Waals surface area contributed by atoms with Crippen LogP contribution in [0.1, 0.15) is 36.6 Å². The van der Waals surface area contributed by atoms with Crippen LogP contribution in [-0.2, 0) is 6.54 Å². The van der Waals surface area contributed by atoms with Gasteiger partial charge in [-0.25, -0.2) is 0 Å². The van der Waals surface area contributed by atoms with Crippen molar-refractivity contribution in [3.8, 4) is 0 Å². The number of aromatic nitrogens is 1. The van der Waals surface area contributed by atoms with E-state index in [9.17, 15) is 10.1 Å². The van der Waals surface area contributed by atoms with E-state index in [1.807, 2.05) is 0 Å². The summed E-state index contributed by atoms with van der Waals surface area (Å²) in [4.78, 5) is 17.6. The third-order valence-electron chi connectivity index (χ3n) is 4.58. The van der Waals surface area contributed by atoms with Gasteiger partial charge in [-0.05, 0) is 39.2 Å². The highest BCUT2D eigenvalue weighted by Gasteiger charge is 2.29. The van der Waals surface area contributed by atoms with E-state index in [2.05, 4.69) is 16.8 Å². The zero-order valence-corrected chi connectivity index (χ0v) is 13.0. The normalized spacial score (nSPS) is 23.2. The molecule has 2 unspecified atom stereocenters. The van der Waals surface area contributed by atoms with Crippen LogP contribution in [0.15, 0.2) is 6.20 Å². The Labute approximate surface area is 125 Å². The van der Waals surface area contributed by atoms with Crippen molar-refractivity contribution in [1.29, 1.82) is 0 Å². The molecule has 1 aliphatic heterocycles. The molecule has 116 valence electrons. The first-order chi connectivity index (χ1) is 9.95. The van der Waals surface area contributed by atoms with E-state index >= 15 is 0 Å². The number of nitrogens with two attached hydrogens (primary N) is 1. The highest BCUT2D eigenvalue weighted by molar-refractivity contribution is 5.47. The second kappa shape index (κ2) is 6.49. The number of piperidine rings is 1. The predicted molar refractivity (Wildman–Crippen MR) is 82.0 cm³/mol. The molecule has 0 aromatic carbocycles. The molecule has 1 saturated heterocycles. The number of pyridine rings is 1. The van der Waals surface area contributed by atoms with Gasteiger partial charge in [0.05, 0.1) is 10.6 Å². The maximum Gasteiger partial charge on any atom is 0.278 e. The van der Waals surface area contributed by atoms with Crippen LogP contribution in [0.5, 0.6) is 0 Å². The van der Waals surface area contributed by atoms with Crippen LogP contribution in [-0.4, -0.2) is 33.9 Å². The van der Waals surface area contributed by atoms with Crippen molar-refractivity contribution in [2.75, 3.05) is 13.1 Å². The summed E-state index contributed by atoms with van der Waals surface area (Å²) >= 11 is 0. The molecule has 2 rings (SSSR count). The number of hydrogen-bond acceptors (Lipinski definition) is 5. The molecule has 6 nitrogen and oxygen atoms in total. The molecule has 2 heterocycles. The maximum absolute atomic E-state index is 11.2. The van der Waals surface area contributed by atoms with Crippen LogP contribution in [0.2, 0.25) is 0 Å². The average molecular weight is 292 g/mol. The van der Waals surface area contributed by atoms with E-state index in [1.165, 1.54) is 6.42 Å². The van der Waals surface area contributed by atoms with Crippen LogP contribution >= 0.6 is 0 Å². The summed E-state index contributed by atoms with van der Waals surface area (Å²) in [5.41, 5.74) is 8.18. The van der Waals surface area contributed by atoms with Crippen LogP contribution in [0, 0.1) is 29.9 Å². The standard InChI is InChI=1S/C15H24N4O2/c1-10-5-4-6-18(14(10)7-16)9-13-12(3)15(19(20)21)11(2)8-17-13/h8,10,14H,4-7,9,16H2,1-3H3. The Bertz CT molecular complexity index is 533. The first-order valence-electron chi connectivity index (χ1n) is 7.49. The second-order valence-corrected chi connectivity index (χ2v) is 6.01. The average Bonchev–Trinajstić information content (AvgIpc) is 2.42. The predicted octanol–water partition coefficient (Wildman–Crippen LogP) is 2.17. The highest BCUT2D eigenvalue weighted by Crippen LogP contribution is 2.28. The Morgan fingerprint density at radius 3 is 2.86 bits per heavy atom. The van der Waals surface area contributed by atoms with Gasteiger partial charge in [0, 0.05) is 36.5 Å². The third-order valence-corrected chi connectivity index (χ3v) is 4.58. The van der Waals surface area contributed by atoms with Crippen molar-refractivity contribution in [3.05, 3.63) is 33.1 Å². The summed E-state index contributed by atoms with van der Waals surface area (Å²) in [6, 6.07) is 0.334. The maximum atomic E-state index is 11.2. The third kappa shape index (κ3) is 3.22. The molecule has 6 heteroatoms. The molecule has 21 heavy (non-hydrogen) atoms. The van der Waals surface area contributed by atoms with Gasteiger partial charge in [-0.2, -0.15) is 0 Å². The first kappa shape index (κ1) is 15.9. The fourth-order valence-corrected chi connectivity index (χ4v) is 3.31. The summed E-state index contributed by atoms with van der Waals surface area (Å²) in [6.45, 7) is 7.98. The Hall–Kier alpha value is -1.53. The minimum Gasteiger partial charge on any atom is -0.329 e. The van der Waals surface area contributed by atoms with E-state index in [4.69, 9.17) is 5.73 Å². The molecular formula is C15H24N4O2. The van der Waals surface area contributed by atoms with E-state index in [-0.39, 0.29) is 10.6 Å². The molecule has 1 aromatic rings. The summed E-state index contributed by atoms with van der Waals surface area (Å²) in [5.74, 6) is 0.560. The summed E-state index contributed by atoms with van der Waals surface area (Å²) in [6.07, 6.45) is 3.94. The molecule has 0 saturated carbocycles. The van der Waals surface area contributed by atoms with Gasteiger partial charge in [0.15, 0.2) is 0 Å². The molecule has 1 aromatic heterocycles. The lowest BCUT2D eigenvalue weighted by Crippen LogP contribution is -2.48. The van der Waals surface area contributed by atoms with Crippen LogP contribution < -0.4 is 5.73 Å². The largest absolute Gasteiger partial charge is 0.329 e. The number of aryl methyl sites for hydroxylation is 1. The van der Waals surface area contributed by atoms with Gasteiger partial charge in [0.2, 0.25) is 0 Å². The van der Waals surface area contributed by atoms with Gasteiger partial charge < -0.3 is 5.73 Å². The number of nitro groups is 1. The molecule has 0 aliphatic carbocycles. The van der Waals surface area contributed by atoms with Crippen molar-refractivity contribution in [3.63, 3.8) is 0 Å². The zero-order chi connectivity index (χ0) is 15.6. The van der Waals surface area contributed by atoms with Crippen molar-refractivity contribution >= 4 is 5.69 Å². The molecule has 1 fully saturated rings. The smallest absolute Gasteiger partial charge is 0.278 e. The topological polar surface area (TPSA) is 85.3 Å². The molecule has 0 radical (unpaired) electrons. The van der Waals surface area contributed by atoms with E-state index in [1.54, 1.807) is 20.0 Å². The Balaban J connectivity index is 2.27. The Kier molecular flexibility index (Phi) is 4.90. The fourth-order valence-electron chi connectivity index (χ4n) is 3.31. The van der Waals surface area contributed by atoms with Crippen LogP contribution in [0.3, 0.4) is 0 Å². The molecule has 0 spiro atoms. The van der Waals surface area contributed by atoms with Crippen molar-refractivity contribution in [2.24, 2.45) is 11.7 Å². The van der Waals surface area contributed by atoms with Crippen molar-refractivity contribution in [2.45, 2.75) is 46.2 Å². The van der Waals surface area contributed by atoms with Gasteiger partial charge >= 0.3 is 0 Å². The van der Waals surface area contributed by atoms with Gasteiger partial charge in [-0.1, -0.05) is 6.92 Å². The lowest BCUT2D eigenvalue weighted by Gasteiger charge is -2.39. The molecule has 2 atom stereocenters. The summed E-state index contributed by atoms with van der Waals surface area (Å²) in [7, 11) is 0. The monoisotopic (exact) mass is 292 g/mol. The van der Waals surface area contributed by atoms with E-state index in [0.717, 1.165) is 18.7 Å². The van der Waals surface area contributed by atoms with Crippen LogP contribution in [0.4, 0.5) is 5.69 Å². The van der Waals surface area contributed by atoms with E-state index in [0.29, 0.717) is 36.2 Å². The van der Waals surface area contributed by atoms with Gasteiger partial charge in [-0.15, -0.1) is 0 Å². The molecule has 1 aliphatic rings. The quantitative estimate of drug-likeness (QED) is 0.679. The Morgan fingerprint density at radius 1 is 1.52 bits per heavy atom. The number of likely N-dealkylation sites (tertiary alicyclic amines) is 1. The number of nitrogens with zero attached hydrogens (tertiary/aromatic N) is 3. The van der Waals surface area contributed by atoms with Crippen molar-refractivity contribution in [1.82, 2.24) is 9.88 Å². The SMILES string of the molecule is Cc1cnc(CN2CCCC(C)C2CN)c(C)c1[N+](=O)[O-].